The monoisotopic (exact) mass is 294 g/mol. The third kappa shape index (κ3) is 4.30. The largest absolute Gasteiger partial charge is 0.468 e. The van der Waals surface area contributed by atoms with Gasteiger partial charge in [0.1, 0.15) is 5.76 Å². The first-order valence-corrected chi connectivity index (χ1v) is 7.11. The second kappa shape index (κ2) is 7.24. The zero-order valence-corrected chi connectivity index (χ0v) is 12.5. The number of carbonyl (C=O) groups is 2. The predicted molar refractivity (Wildman–Crippen MR) is 77.6 cm³/mol. The van der Waals surface area contributed by atoms with Gasteiger partial charge in [0.05, 0.1) is 18.8 Å². The number of amides is 3. The van der Waals surface area contributed by atoms with Gasteiger partial charge in [0.15, 0.2) is 0 Å². The average Bonchev–Trinajstić information content (AvgIpc) is 3.00. The maximum absolute atomic E-state index is 11.9. The number of hydrogen-bond donors (Lipinski definition) is 2. The standard InChI is InChI=1S/C14H22N4O3/c1-11(13(19)16-14(20)15-2)18-7-5-17(6-8-18)10-12-4-3-9-21-12/h3-4,9,11H,5-8,10H2,1-2H3,(H2,15,16,19,20). The highest BCUT2D eigenvalue weighted by molar-refractivity contribution is 5.96. The molecule has 2 N–H and O–H groups in total. The zero-order chi connectivity index (χ0) is 15.2. The molecule has 3 amide bonds. The van der Waals surface area contributed by atoms with E-state index in [4.69, 9.17) is 4.42 Å². The SMILES string of the molecule is CNC(=O)NC(=O)C(C)N1CCN(Cc2ccco2)CC1. The van der Waals surface area contributed by atoms with Gasteiger partial charge in [-0.05, 0) is 19.1 Å². The first-order chi connectivity index (χ1) is 10.1. The number of furan rings is 1. The lowest BCUT2D eigenvalue weighted by molar-refractivity contribution is -0.125. The quantitative estimate of drug-likeness (QED) is 0.832. The molecular formula is C14H22N4O3. The molecule has 0 aliphatic carbocycles. The van der Waals surface area contributed by atoms with Gasteiger partial charge in [-0.15, -0.1) is 0 Å². The van der Waals surface area contributed by atoms with Crippen LogP contribution < -0.4 is 10.6 Å². The summed E-state index contributed by atoms with van der Waals surface area (Å²) in [7, 11) is 1.49. The van der Waals surface area contributed by atoms with Crippen LogP contribution in [-0.2, 0) is 11.3 Å². The Labute approximate surface area is 124 Å². The van der Waals surface area contributed by atoms with E-state index in [1.54, 1.807) is 6.26 Å². The number of rotatable bonds is 4. The van der Waals surface area contributed by atoms with Crippen molar-refractivity contribution in [2.75, 3.05) is 33.2 Å². The number of nitrogens with one attached hydrogen (secondary N) is 2. The summed E-state index contributed by atoms with van der Waals surface area (Å²) in [5.74, 6) is 0.683. The molecule has 2 heterocycles. The van der Waals surface area contributed by atoms with Crippen molar-refractivity contribution in [1.29, 1.82) is 0 Å². The molecule has 1 atom stereocenters. The minimum atomic E-state index is -0.469. The van der Waals surface area contributed by atoms with Gasteiger partial charge in [-0.3, -0.25) is 19.9 Å². The van der Waals surface area contributed by atoms with E-state index in [1.807, 2.05) is 19.1 Å². The summed E-state index contributed by atoms with van der Waals surface area (Å²) in [5.41, 5.74) is 0. The van der Waals surface area contributed by atoms with Gasteiger partial charge < -0.3 is 9.73 Å². The van der Waals surface area contributed by atoms with Crippen molar-refractivity contribution in [3.8, 4) is 0 Å². The first-order valence-electron chi connectivity index (χ1n) is 7.11. The summed E-state index contributed by atoms with van der Waals surface area (Å²) in [4.78, 5) is 27.4. The number of urea groups is 1. The van der Waals surface area contributed by atoms with Crippen LogP contribution in [0.15, 0.2) is 22.8 Å². The van der Waals surface area contributed by atoms with Crippen LogP contribution in [0.25, 0.3) is 0 Å². The molecule has 0 bridgehead atoms. The molecule has 7 heteroatoms. The van der Waals surface area contributed by atoms with E-state index >= 15 is 0 Å². The summed E-state index contributed by atoms with van der Waals surface area (Å²) < 4.78 is 5.34. The molecule has 0 radical (unpaired) electrons. The summed E-state index contributed by atoms with van der Waals surface area (Å²) in [6.45, 7) is 5.95. The average molecular weight is 294 g/mol. The Morgan fingerprint density at radius 1 is 1.33 bits per heavy atom. The van der Waals surface area contributed by atoms with E-state index in [9.17, 15) is 9.59 Å². The predicted octanol–water partition coefficient (Wildman–Crippen LogP) is 0.241. The topological polar surface area (TPSA) is 77.8 Å². The fraction of sp³-hybridized carbons (Fsp3) is 0.571. The first kappa shape index (κ1) is 15.5. The number of carbonyl (C=O) groups excluding carboxylic acids is 2. The highest BCUT2D eigenvalue weighted by Crippen LogP contribution is 2.11. The minimum absolute atomic E-state index is 0.270. The fourth-order valence-corrected chi connectivity index (χ4v) is 2.38. The highest BCUT2D eigenvalue weighted by atomic mass is 16.3. The van der Waals surface area contributed by atoms with Gasteiger partial charge in [0, 0.05) is 33.2 Å². The molecule has 21 heavy (non-hydrogen) atoms. The van der Waals surface area contributed by atoms with E-state index in [0.29, 0.717) is 0 Å². The van der Waals surface area contributed by atoms with Crippen molar-refractivity contribution in [2.24, 2.45) is 0 Å². The van der Waals surface area contributed by atoms with Crippen LogP contribution in [0.5, 0.6) is 0 Å². The zero-order valence-electron chi connectivity index (χ0n) is 12.5. The van der Waals surface area contributed by atoms with Crippen molar-refractivity contribution in [3.63, 3.8) is 0 Å². The summed E-state index contributed by atoms with van der Waals surface area (Å²) in [5, 5.41) is 4.69. The Morgan fingerprint density at radius 3 is 2.62 bits per heavy atom. The molecule has 1 fully saturated rings. The molecule has 1 unspecified atom stereocenters. The number of nitrogens with zero attached hydrogens (tertiary/aromatic N) is 2. The Bertz CT molecular complexity index is 467. The lowest BCUT2D eigenvalue weighted by Gasteiger charge is -2.36. The van der Waals surface area contributed by atoms with Crippen molar-refractivity contribution in [3.05, 3.63) is 24.2 Å². The van der Waals surface area contributed by atoms with Gasteiger partial charge in [0.25, 0.3) is 0 Å². The minimum Gasteiger partial charge on any atom is -0.468 e. The van der Waals surface area contributed by atoms with E-state index in [1.165, 1.54) is 7.05 Å². The second-order valence-corrected chi connectivity index (χ2v) is 5.14. The van der Waals surface area contributed by atoms with Gasteiger partial charge in [-0.2, -0.15) is 0 Å². The second-order valence-electron chi connectivity index (χ2n) is 5.14. The lowest BCUT2D eigenvalue weighted by Crippen LogP contribution is -2.55. The van der Waals surface area contributed by atoms with Crippen molar-refractivity contribution >= 4 is 11.9 Å². The van der Waals surface area contributed by atoms with Gasteiger partial charge in [0.2, 0.25) is 5.91 Å². The van der Waals surface area contributed by atoms with Gasteiger partial charge >= 0.3 is 6.03 Å². The molecule has 1 aromatic rings. The van der Waals surface area contributed by atoms with E-state index in [0.717, 1.165) is 38.5 Å². The van der Waals surface area contributed by atoms with E-state index in [2.05, 4.69) is 20.4 Å². The molecule has 0 aromatic carbocycles. The van der Waals surface area contributed by atoms with Crippen molar-refractivity contribution in [1.82, 2.24) is 20.4 Å². The molecule has 1 aliphatic heterocycles. The Kier molecular flexibility index (Phi) is 5.35. The molecule has 0 spiro atoms. The molecular weight excluding hydrogens is 272 g/mol. The van der Waals surface area contributed by atoms with Crippen LogP contribution in [0.2, 0.25) is 0 Å². The van der Waals surface area contributed by atoms with Crippen LogP contribution in [0.3, 0.4) is 0 Å². The lowest BCUT2D eigenvalue weighted by atomic mass is 10.2. The summed E-state index contributed by atoms with van der Waals surface area (Å²) >= 11 is 0. The van der Waals surface area contributed by atoms with Crippen LogP contribution in [0.1, 0.15) is 12.7 Å². The normalized spacial score (nSPS) is 18.2. The van der Waals surface area contributed by atoms with E-state index < -0.39 is 6.03 Å². The maximum atomic E-state index is 11.9. The molecule has 2 rings (SSSR count). The fourth-order valence-electron chi connectivity index (χ4n) is 2.38. The molecule has 1 aromatic heterocycles. The molecule has 116 valence electrons. The highest BCUT2D eigenvalue weighted by Gasteiger charge is 2.26. The van der Waals surface area contributed by atoms with Crippen molar-refractivity contribution in [2.45, 2.75) is 19.5 Å². The molecule has 0 saturated carbocycles. The van der Waals surface area contributed by atoms with E-state index in [-0.39, 0.29) is 11.9 Å². The number of piperazine rings is 1. The van der Waals surface area contributed by atoms with Crippen LogP contribution in [0, 0.1) is 0 Å². The molecule has 7 nitrogen and oxygen atoms in total. The van der Waals surface area contributed by atoms with Gasteiger partial charge in [-0.1, -0.05) is 0 Å². The molecule has 1 saturated heterocycles. The Hall–Kier alpha value is -1.86. The van der Waals surface area contributed by atoms with Crippen LogP contribution in [0.4, 0.5) is 4.79 Å². The summed E-state index contributed by atoms with van der Waals surface area (Å²) in [6.07, 6.45) is 1.68. The molecule has 1 aliphatic rings. The van der Waals surface area contributed by atoms with Crippen LogP contribution >= 0.6 is 0 Å². The number of imide groups is 1. The summed E-state index contributed by atoms with van der Waals surface area (Å²) in [6, 6.07) is 3.07. The van der Waals surface area contributed by atoms with Crippen LogP contribution in [-0.4, -0.2) is 61.0 Å². The Morgan fingerprint density at radius 2 is 2.05 bits per heavy atom. The Balaban J connectivity index is 1.77. The smallest absolute Gasteiger partial charge is 0.321 e. The number of hydrogen-bond acceptors (Lipinski definition) is 5. The maximum Gasteiger partial charge on any atom is 0.321 e. The third-order valence-corrected chi connectivity index (χ3v) is 3.76. The van der Waals surface area contributed by atoms with Crippen molar-refractivity contribution < 1.29 is 14.0 Å². The third-order valence-electron chi connectivity index (χ3n) is 3.76. The van der Waals surface area contributed by atoms with Gasteiger partial charge in [-0.25, -0.2) is 4.79 Å².